The summed E-state index contributed by atoms with van der Waals surface area (Å²) in [5.74, 6) is 0. The molecule has 0 aliphatic heterocycles. The molecule has 0 amide bonds. The van der Waals surface area contributed by atoms with Gasteiger partial charge in [0.15, 0.2) is 0 Å². The van der Waals surface area contributed by atoms with Gasteiger partial charge in [-0.05, 0) is 101 Å². The van der Waals surface area contributed by atoms with Gasteiger partial charge in [-0.15, -0.1) is 0 Å². The Morgan fingerprint density at radius 1 is 0.320 bits per heavy atom. The van der Waals surface area contributed by atoms with Crippen molar-refractivity contribution >= 4 is 43.7 Å². The summed E-state index contributed by atoms with van der Waals surface area (Å²) in [6.45, 7) is 0. The molecule has 0 aliphatic carbocycles. The van der Waals surface area contributed by atoms with Gasteiger partial charge in [0, 0.05) is 50.9 Å². The summed E-state index contributed by atoms with van der Waals surface area (Å²) in [6, 6.07) is 60.6. The van der Waals surface area contributed by atoms with E-state index in [1.807, 2.05) is 30.6 Å². The minimum Gasteiger partial charge on any atom is -0.309 e. The SMILES string of the molecule is c1ccc(-c2cc(-c3ccccn3)cc(-n3c4ccccc4c4ccc(-c5ccc6c(c5)c5cccnc5n6-c5ccccc5)cc43)c2)cc1. The number of fused-ring (bicyclic) bond motifs is 6. The molecule has 0 bridgehead atoms. The summed E-state index contributed by atoms with van der Waals surface area (Å²) in [5, 5.41) is 4.78. The van der Waals surface area contributed by atoms with Crippen LogP contribution in [-0.2, 0) is 0 Å². The molecule has 234 valence electrons. The average molecular weight is 639 g/mol. The topological polar surface area (TPSA) is 35.6 Å². The third-order valence-electron chi connectivity index (χ3n) is 9.79. The molecule has 0 spiro atoms. The maximum Gasteiger partial charge on any atom is 0.145 e. The highest BCUT2D eigenvalue weighted by molar-refractivity contribution is 6.12. The summed E-state index contributed by atoms with van der Waals surface area (Å²) in [4.78, 5) is 9.56. The van der Waals surface area contributed by atoms with Crippen LogP contribution in [0.2, 0.25) is 0 Å². The molecule has 0 unspecified atom stereocenters. The first-order chi connectivity index (χ1) is 24.8. The Kier molecular flexibility index (Phi) is 6.46. The van der Waals surface area contributed by atoms with Crippen LogP contribution in [-0.4, -0.2) is 19.1 Å². The van der Waals surface area contributed by atoms with Crippen molar-refractivity contribution in [2.75, 3.05) is 0 Å². The molecule has 4 aromatic heterocycles. The fourth-order valence-corrected chi connectivity index (χ4v) is 7.51. The van der Waals surface area contributed by atoms with E-state index in [1.165, 1.54) is 32.8 Å². The first-order valence-corrected chi connectivity index (χ1v) is 16.9. The third-order valence-corrected chi connectivity index (χ3v) is 9.79. The van der Waals surface area contributed by atoms with Crippen molar-refractivity contribution in [1.29, 1.82) is 0 Å². The zero-order valence-corrected chi connectivity index (χ0v) is 27.1. The van der Waals surface area contributed by atoms with Gasteiger partial charge in [0.05, 0.1) is 22.2 Å². The van der Waals surface area contributed by atoms with Gasteiger partial charge in [-0.1, -0.05) is 91.0 Å². The number of rotatable bonds is 5. The fourth-order valence-electron chi connectivity index (χ4n) is 7.51. The van der Waals surface area contributed by atoms with Crippen LogP contribution in [0.15, 0.2) is 182 Å². The molecule has 0 fully saturated rings. The first kappa shape index (κ1) is 28.3. The second-order valence-electron chi connectivity index (χ2n) is 12.7. The Morgan fingerprint density at radius 3 is 1.86 bits per heavy atom. The van der Waals surface area contributed by atoms with Crippen molar-refractivity contribution in [2.24, 2.45) is 0 Å². The molecule has 4 nitrogen and oxygen atoms in total. The predicted octanol–water partition coefficient (Wildman–Crippen LogP) is 11.7. The van der Waals surface area contributed by atoms with E-state index in [4.69, 9.17) is 9.97 Å². The van der Waals surface area contributed by atoms with E-state index >= 15 is 0 Å². The summed E-state index contributed by atoms with van der Waals surface area (Å²) in [7, 11) is 0. The van der Waals surface area contributed by atoms with Crippen LogP contribution in [0, 0.1) is 0 Å². The van der Waals surface area contributed by atoms with E-state index in [2.05, 4.69) is 161 Å². The lowest BCUT2D eigenvalue weighted by atomic mass is 9.99. The minimum absolute atomic E-state index is 0.949. The summed E-state index contributed by atoms with van der Waals surface area (Å²) in [6.07, 6.45) is 3.74. The Balaban J connectivity index is 1.20. The van der Waals surface area contributed by atoms with Crippen molar-refractivity contribution < 1.29 is 0 Å². The molecule has 4 heteroatoms. The Labute approximate surface area is 289 Å². The van der Waals surface area contributed by atoms with Crippen LogP contribution < -0.4 is 0 Å². The number of nitrogens with zero attached hydrogens (tertiary/aromatic N) is 4. The third kappa shape index (κ3) is 4.54. The van der Waals surface area contributed by atoms with E-state index in [1.54, 1.807) is 0 Å². The van der Waals surface area contributed by atoms with E-state index in [0.717, 1.165) is 55.8 Å². The predicted molar refractivity (Wildman–Crippen MR) is 207 cm³/mol. The van der Waals surface area contributed by atoms with Crippen molar-refractivity contribution in [3.8, 4) is 44.9 Å². The summed E-state index contributed by atoms with van der Waals surface area (Å²) in [5.41, 5.74) is 13.3. The number of benzene rings is 6. The molecule has 0 aliphatic rings. The molecule has 6 aromatic carbocycles. The van der Waals surface area contributed by atoms with Gasteiger partial charge in [0.2, 0.25) is 0 Å². The van der Waals surface area contributed by atoms with Crippen LogP contribution >= 0.6 is 0 Å². The number of aromatic nitrogens is 4. The van der Waals surface area contributed by atoms with Crippen LogP contribution in [0.5, 0.6) is 0 Å². The highest BCUT2D eigenvalue weighted by atomic mass is 15.0. The van der Waals surface area contributed by atoms with Crippen LogP contribution in [0.1, 0.15) is 0 Å². The van der Waals surface area contributed by atoms with Crippen molar-refractivity contribution in [3.63, 3.8) is 0 Å². The monoisotopic (exact) mass is 638 g/mol. The van der Waals surface area contributed by atoms with E-state index < -0.39 is 0 Å². The molecular formula is C46H30N4. The molecule has 10 rings (SSSR count). The molecule has 4 heterocycles. The summed E-state index contributed by atoms with van der Waals surface area (Å²) < 4.78 is 4.67. The molecule has 0 radical (unpaired) electrons. The molecule has 0 N–H and O–H groups in total. The van der Waals surface area contributed by atoms with Crippen LogP contribution in [0.4, 0.5) is 0 Å². The number of para-hydroxylation sites is 2. The fraction of sp³-hybridized carbons (Fsp3) is 0. The maximum atomic E-state index is 4.82. The van der Waals surface area contributed by atoms with Gasteiger partial charge in [0.1, 0.15) is 5.65 Å². The molecule has 10 aromatic rings. The van der Waals surface area contributed by atoms with Crippen molar-refractivity contribution in [3.05, 3.63) is 182 Å². The van der Waals surface area contributed by atoms with E-state index in [-0.39, 0.29) is 0 Å². The number of hydrogen-bond acceptors (Lipinski definition) is 2. The van der Waals surface area contributed by atoms with E-state index in [9.17, 15) is 0 Å². The van der Waals surface area contributed by atoms with Crippen molar-refractivity contribution in [2.45, 2.75) is 0 Å². The smallest absolute Gasteiger partial charge is 0.145 e. The zero-order chi connectivity index (χ0) is 33.0. The van der Waals surface area contributed by atoms with Gasteiger partial charge in [-0.25, -0.2) is 4.98 Å². The normalized spacial score (nSPS) is 11.6. The van der Waals surface area contributed by atoms with Gasteiger partial charge in [0.25, 0.3) is 0 Å². The molecule has 0 atom stereocenters. The van der Waals surface area contributed by atoms with Crippen LogP contribution in [0.3, 0.4) is 0 Å². The maximum absolute atomic E-state index is 4.82. The Bertz CT molecular complexity index is 2790. The summed E-state index contributed by atoms with van der Waals surface area (Å²) >= 11 is 0. The molecular weight excluding hydrogens is 609 g/mol. The quantitative estimate of drug-likeness (QED) is 0.188. The number of hydrogen-bond donors (Lipinski definition) is 0. The lowest BCUT2D eigenvalue weighted by molar-refractivity contribution is 1.14. The second kappa shape index (κ2) is 11.4. The Morgan fingerprint density at radius 2 is 1.00 bits per heavy atom. The van der Waals surface area contributed by atoms with Gasteiger partial charge in [-0.3, -0.25) is 9.55 Å². The van der Waals surface area contributed by atoms with Crippen LogP contribution in [0.25, 0.3) is 88.6 Å². The number of pyridine rings is 2. The molecule has 0 saturated heterocycles. The Hall–Kier alpha value is -6.78. The highest BCUT2D eigenvalue weighted by Crippen LogP contribution is 2.39. The zero-order valence-electron chi connectivity index (χ0n) is 27.1. The largest absolute Gasteiger partial charge is 0.309 e. The molecule has 50 heavy (non-hydrogen) atoms. The molecule has 0 saturated carbocycles. The van der Waals surface area contributed by atoms with Gasteiger partial charge in [-0.2, -0.15) is 0 Å². The minimum atomic E-state index is 0.949. The van der Waals surface area contributed by atoms with Crippen molar-refractivity contribution in [1.82, 2.24) is 19.1 Å². The highest BCUT2D eigenvalue weighted by Gasteiger charge is 2.17. The van der Waals surface area contributed by atoms with Gasteiger partial charge >= 0.3 is 0 Å². The lowest BCUT2D eigenvalue weighted by Gasteiger charge is -2.14. The average Bonchev–Trinajstić information content (AvgIpc) is 3.71. The standard InChI is InChI=1S/C46H30N4/c1-3-12-31(13-4-1)34-26-35(42-18-9-10-24-47-42)28-37(27-34)49-43-19-8-7-16-38(43)39-22-20-33(30-45(39)49)32-21-23-44-41(29-32)40-17-11-25-48-46(40)50(44)36-14-5-2-6-15-36/h1-30H. The first-order valence-electron chi connectivity index (χ1n) is 16.9. The lowest BCUT2D eigenvalue weighted by Crippen LogP contribution is -1.96. The van der Waals surface area contributed by atoms with Gasteiger partial charge < -0.3 is 4.57 Å². The van der Waals surface area contributed by atoms with E-state index in [0.29, 0.717) is 0 Å². The second-order valence-corrected chi connectivity index (χ2v) is 12.7.